The molecule has 0 saturated carbocycles. The molecule has 0 amide bonds. The van der Waals surface area contributed by atoms with Crippen molar-refractivity contribution < 1.29 is 0 Å². The first-order valence-electron chi connectivity index (χ1n) is 25.0. The Kier molecular flexibility index (Phi) is 9.80. The highest BCUT2D eigenvalue weighted by atomic mass is 15.1. The Morgan fingerprint density at radius 3 is 1.28 bits per heavy atom. The fourth-order valence-electron chi connectivity index (χ4n) is 12.3. The number of anilines is 3. The summed E-state index contributed by atoms with van der Waals surface area (Å²) in [6, 6.07) is 87.7. The maximum Gasteiger partial charge on any atom is 0.0575 e. The van der Waals surface area contributed by atoms with Gasteiger partial charge in [-0.1, -0.05) is 228 Å². The Hall–Kier alpha value is -8.46. The second-order valence-corrected chi connectivity index (χ2v) is 20.5. The van der Waals surface area contributed by atoms with Gasteiger partial charge in [0.1, 0.15) is 0 Å². The van der Waals surface area contributed by atoms with Crippen LogP contribution in [-0.4, -0.2) is 4.57 Å². The minimum Gasteiger partial charge on any atom is -0.343 e. The third-order valence-corrected chi connectivity index (χ3v) is 15.8. The fraction of sp³-hybridized carbons (Fsp3) is 0.101. The van der Waals surface area contributed by atoms with Crippen molar-refractivity contribution in [3.05, 3.63) is 259 Å². The normalized spacial score (nSPS) is 13.6. The summed E-state index contributed by atoms with van der Waals surface area (Å²) < 4.78 is 2.43. The van der Waals surface area contributed by atoms with Gasteiger partial charge >= 0.3 is 0 Å². The van der Waals surface area contributed by atoms with Gasteiger partial charge in [0.15, 0.2) is 0 Å². The van der Waals surface area contributed by atoms with E-state index in [1.807, 2.05) is 0 Å². The summed E-state index contributed by atoms with van der Waals surface area (Å²) in [6.07, 6.45) is 0. The molecule has 0 aliphatic heterocycles. The van der Waals surface area contributed by atoms with E-state index in [2.05, 4.69) is 281 Å². The summed E-state index contributed by atoms with van der Waals surface area (Å²) in [6.45, 7) is 9.47. The Morgan fingerprint density at radius 1 is 0.310 bits per heavy atom. The van der Waals surface area contributed by atoms with Crippen molar-refractivity contribution >= 4 is 27.8 Å². The van der Waals surface area contributed by atoms with E-state index in [1.54, 1.807) is 0 Å². The highest BCUT2D eigenvalue weighted by Gasteiger charge is 2.38. The largest absolute Gasteiger partial charge is 0.343 e. The highest BCUT2D eigenvalue weighted by molar-refractivity contribution is 6.07. The molecule has 13 rings (SSSR count). The van der Waals surface area contributed by atoms with Gasteiger partial charge in [-0.3, -0.25) is 0 Å². The molecule has 1 aromatic heterocycles. The lowest BCUT2D eigenvalue weighted by Crippen LogP contribution is -2.18. The highest BCUT2D eigenvalue weighted by Crippen LogP contribution is 2.54. The molecule has 2 nitrogen and oxygen atoms in total. The van der Waals surface area contributed by atoms with E-state index >= 15 is 0 Å². The zero-order valence-electron chi connectivity index (χ0n) is 40.9. The van der Waals surface area contributed by atoms with Gasteiger partial charge in [-0.05, 0) is 119 Å². The lowest BCUT2D eigenvalue weighted by Gasteiger charge is -2.30. The molecule has 0 fully saturated rings. The Bertz CT molecular complexity index is 3740. The van der Waals surface area contributed by atoms with E-state index in [0.29, 0.717) is 0 Å². The number of nitrogens with zero attached hydrogens (tertiary/aromatic N) is 2. The van der Waals surface area contributed by atoms with E-state index < -0.39 is 0 Å². The number of aromatic nitrogens is 1. The molecule has 1 heterocycles. The van der Waals surface area contributed by atoms with Gasteiger partial charge in [0.05, 0.1) is 11.4 Å². The molecule has 340 valence electrons. The van der Waals surface area contributed by atoms with Gasteiger partial charge in [-0.25, -0.2) is 0 Å². The molecule has 0 atom stereocenters. The standard InChI is InChI=1S/C69H54N2/c1-68(2)60-29-16-14-26-55(60)57-41-39-52(43-62(57)68)71(53-40-42-58-56-27-15-17-30-61(56)69(3,4)63(58)44-53)51-37-35-46(36-38-51)45-31-33-50(34-32-45)66-64(48-20-8-6-9-21-48)65(49-22-10-7-11-23-49)67(70(66)5)59-28-18-24-47-19-12-13-25-54(47)59/h6-44H,1-5H3. The maximum atomic E-state index is 2.46. The smallest absolute Gasteiger partial charge is 0.0575 e. The first-order valence-corrected chi connectivity index (χ1v) is 25.0. The number of fused-ring (bicyclic) bond motifs is 7. The number of rotatable bonds is 8. The van der Waals surface area contributed by atoms with Crippen LogP contribution in [0.2, 0.25) is 0 Å². The number of hydrogen-bond acceptors (Lipinski definition) is 1. The molecule has 0 unspecified atom stereocenters. The molecule has 0 bridgehead atoms. The summed E-state index contributed by atoms with van der Waals surface area (Å²) >= 11 is 0. The van der Waals surface area contributed by atoms with Gasteiger partial charge in [0.2, 0.25) is 0 Å². The van der Waals surface area contributed by atoms with Crippen LogP contribution in [-0.2, 0) is 17.9 Å². The molecule has 11 aromatic rings. The number of benzene rings is 10. The summed E-state index contributed by atoms with van der Waals surface area (Å²) in [7, 11) is 2.24. The second kappa shape index (κ2) is 16.3. The number of hydrogen-bond donors (Lipinski definition) is 0. The molecule has 0 radical (unpaired) electrons. The minimum atomic E-state index is -0.118. The van der Waals surface area contributed by atoms with Crippen LogP contribution in [0.25, 0.3) is 88.9 Å². The summed E-state index contributed by atoms with van der Waals surface area (Å²) in [5, 5.41) is 2.48. The summed E-state index contributed by atoms with van der Waals surface area (Å²) in [4.78, 5) is 2.46. The average molecular weight is 911 g/mol. The summed E-state index contributed by atoms with van der Waals surface area (Å²) in [5.74, 6) is 0. The van der Waals surface area contributed by atoms with Gasteiger partial charge in [0.25, 0.3) is 0 Å². The SMILES string of the molecule is Cn1c(-c2ccc(-c3ccc(N(c4ccc5c(c4)C(C)(C)c4ccccc4-5)c4ccc5c(c4)C(C)(C)c4ccccc4-5)cc3)cc2)c(-c2ccccc2)c(-c2ccccc2)c1-c1cccc2ccccc12. The molecule has 2 aliphatic carbocycles. The quantitative estimate of drug-likeness (QED) is 0.147. The van der Waals surface area contributed by atoms with Crippen LogP contribution in [0.5, 0.6) is 0 Å². The third-order valence-electron chi connectivity index (χ3n) is 15.8. The van der Waals surface area contributed by atoms with Crippen molar-refractivity contribution in [3.8, 4) is 78.1 Å². The van der Waals surface area contributed by atoms with Crippen LogP contribution < -0.4 is 4.90 Å². The van der Waals surface area contributed by atoms with E-state index in [1.165, 1.54) is 111 Å². The van der Waals surface area contributed by atoms with Crippen LogP contribution in [0.1, 0.15) is 49.9 Å². The van der Waals surface area contributed by atoms with E-state index in [-0.39, 0.29) is 10.8 Å². The Balaban J connectivity index is 0.919. The van der Waals surface area contributed by atoms with Crippen molar-refractivity contribution in [1.82, 2.24) is 4.57 Å². The first-order chi connectivity index (χ1) is 34.7. The van der Waals surface area contributed by atoms with Gasteiger partial charge < -0.3 is 9.47 Å². The first kappa shape index (κ1) is 42.6. The van der Waals surface area contributed by atoms with Crippen LogP contribution >= 0.6 is 0 Å². The fourth-order valence-corrected chi connectivity index (χ4v) is 12.3. The van der Waals surface area contributed by atoms with Crippen molar-refractivity contribution in [2.75, 3.05) is 4.90 Å². The van der Waals surface area contributed by atoms with Gasteiger partial charge in [-0.2, -0.15) is 0 Å². The van der Waals surface area contributed by atoms with Crippen LogP contribution in [0.3, 0.4) is 0 Å². The van der Waals surface area contributed by atoms with Gasteiger partial charge in [-0.15, -0.1) is 0 Å². The van der Waals surface area contributed by atoms with Crippen molar-refractivity contribution in [2.24, 2.45) is 7.05 Å². The van der Waals surface area contributed by atoms with Crippen molar-refractivity contribution in [3.63, 3.8) is 0 Å². The molecule has 0 spiro atoms. The molecule has 0 saturated heterocycles. The molecule has 2 aliphatic rings. The van der Waals surface area contributed by atoms with E-state index in [4.69, 9.17) is 0 Å². The monoisotopic (exact) mass is 910 g/mol. The average Bonchev–Trinajstić information content (AvgIpc) is 3.94. The predicted octanol–water partition coefficient (Wildman–Crippen LogP) is 18.6. The van der Waals surface area contributed by atoms with Crippen LogP contribution in [0, 0.1) is 0 Å². The predicted molar refractivity (Wildman–Crippen MR) is 300 cm³/mol. The van der Waals surface area contributed by atoms with Crippen LogP contribution in [0.4, 0.5) is 17.1 Å². The lowest BCUT2D eigenvalue weighted by atomic mass is 9.82. The zero-order valence-corrected chi connectivity index (χ0v) is 40.9. The third kappa shape index (κ3) is 6.69. The van der Waals surface area contributed by atoms with E-state index in [0.717, 1.165) is 17.1 Å². The van der Waals surface area contributed by atoms with Crippen molar-refractivity contribution in [2.45, 2.75) is 38.5 Å². The zero-order chi connectivity index (χ0) is 48.0. The van der Waals surface area contributed by atoms with Crippen LogP contribution in [0.15, 0.2) is 237 Å². The topological polar surface area (TPSA) is 8.17 Å². The molecular formula is C69H54N2. The molecule has 71 heavy (non-hydrogen) atoms. The van der Waals surface area contributed by atoms with Gasteiger partial charge in [0, 0.05) is 51.6 Å². The molecule has 0 N–H and O–H groups in total. The lowest BCUT2D eigenvalue weighted by molar-refractivity contribution is 0.660. The molecule has 2 heteroatoms. The molecular weight excluding hydrogens is 857 g/mol. The van der Waals surface area contributed by atoms with Crippen molar-refractivity contribution in [1.29, 1.82) is 0 Å². The molecule has 10 aromatic carbocycles. The second-order valence-electron chi connectivity index (χ2n) is 20.5. The Labute approximate surface area is 417 Å². The summed E-state index contributed by atoms with van der Waals surface area (Å²) in [5.41, 5.74) is 26.0. The van der Waals surface area contributed by atoms with E-state index in [9.17, 15) is 0 Å². The minimum absolute atomic E-state index is 0.118. The Morgan fingerprint density at radius 2 is 0.718 bits per heavy atom. The maximum absolute atomic E-state index is 2.46.